The number of alkyl halides is 3. The van der Waals surface area contributed by atoms with Crippen molar-refractivity contribution >= 4 is 5.96 Å². The summed E-state index contributed by atoms with van der Waals surface area (Å²) in [5, 5.41) is 16.0. The summed E-state index contributed by atoms with van der Waals surface area (Å²) < 4.78 is 46.1. The highest BCUT2D eigenvalue weighted by Crippen LogP contribution is 2.23. The molecule has 0 fully saturated rings. The normalized spacial score (nSPS) is 13.2. The average molecular weight is 428 g/mol. The van der Waals surface area contributed by atoms with Crippen molar-refractivity contribution in [3.8, 4) is 5.75 Å². The van der Waals surface area contributed by atoms with E-state index in [-0.39, 0.29) is 24.8 Å². The number of hydrogen-bond donors (Lipinski definition) is 3. The minimum absolute atomic E-state index is 0.0919. The highest BCUT2D eigenvalue weighted by Gasteiger charge is 2.30. The van der Waals surface area contributed by atoms with E-state index in [0.717, 1.165) is 17.0 Å². The summed E-state index contributed by atoms with van der Waals surface area (Å²) in [6, 6.07) is 5.62. The number of aromatic nitrogens is 1. The van der Waals surface area contributed by atoms with Gasteiger partial charge in [-0.1, -0.05) is 12.1 Å². The van der Waals surface area contributed by atoms with Gasteiger partial charge in [0.05, 0.1) is 5.69 Å². The van der Waals surface area contributed by atoms with Crippen molar-refractivity contribution in [3.05, 3.63) is 47.2 Å². The summed E-state index contributed by atoms with van der Waals surface area (Å²) in [5.74, 6) is 1.39. The third-order valence-electron chi connectivity index (χ3n) is 4.29. The Morgan fingerprint density at radius 1 is 1.23 bits per heavy atom. The summed E-state index contributed by atoms with van der Waals surface area (Å²) in [7, 11) is 0. The number of nitrogens with one attached hydrogen (secondary N) is 2. The van der Waals surface area contributed by atoms with Gasteiger partial charge in [-0.05, 0) is 44.9 Å². The first-order valence-corrected chi connectivity index (χ1v) is 9.60. The highest BCUT2D eigenvalue weighted by atomic mass is 19.4. The topological polar surface area (TPSA) is 91.9 Å². The zero-order valence-electron chi connectivity index (χ0n) is 17.2. The molecule has 166 valence electrons. The van der Waals surface area contributed by atoms with E-state index in [4.69, 9.17) is 4.42 Å². The van der Waals surface area contributed by atoms with E-state index in [0.29, 0.717) is 31.4 Å². The van der Waals surface area contributed by atoms with Crippen LogP contribution < -0.4 is 15.4 Å². The van der Waals surface area contributed by atoms with Gasteiger partial charge in [0, 0.05) is 25.6 Å². The van der Waals surface area contributed by atoms with E-state index < -0.39 is 6.36 Å². The third kappa shape index (κ3) is 7.94. The smallest absolute Gasteiger partial charge is 0.444 e. The number of halogens is 3. The van der Waals surface area contributed by atoms with Gasteiger partial charge in [0.2, 0.25) is 5.89 Å². The van der Waals surface area contributed by atoms with Crippen molar-refractivity contribution in [1.29, 1.82) is 0 Å². The van der Waals surface area contributed by atoms with Gasteiger partial charge in [0.25, 0.3) is 0 Å². The second-order valence-electron chi connectivity index (χ2n) is 6.77. The second kappa shape index (κ2) is 10.9. The fraction of sp³-hybridized carbons (Fsp3) is 0.500. The predicted molar refractivity (Wildman–Crippen MR) is 106 cm³/mol. The Morgan fingerprint density at radius 3 is 2.47 bits per heavy atom. The molecule has 1 heterocycles. The Kier molecular flexibility index (Phi) is 8.52. The molecule has 0 saturated carbocycles. The lowest BCUT2D eigenvalue weighted by Gasteiger charge is -2.18. The number of benzene rings is 1. The average Bonchev–Trinajstić information content (AvgIpc) is 3.00. The van der Waals surface area contributed by atoms with Crippen LogP contribution in [0.2, 0.25) is 0 Å². The number of nitrogens with zero attached hydrogens (tertiary/aromatic N) is 2. The van der Waals surface area contributed by atoms with Crippen molar-refractivity contribution in [2.75, 3.05) is 19.7 Å². The fourth-order valence-corrected chi connectivity index (χ4v) is 2.70. The van der Waals surface area contributed by atoms with Gasteiger partial charge >= 0.3 is 6.36 Å². The summed E-state index contributed by atoms with van der Waals surface area (Å²) >= 11 is 0. The fourth-order valence-electron chi connectivity index (χ4n) is 2.70. The van der Waals surface area contributed by atoms with Gasteiger partial charge in [-0.3, -0.25) is 0 Å². The van der Waals surface area contributed by atoms with E-state index in [2.05, 4.69) is 25.3 Å². The Labute approximate surface area is 173 Å². The standard InChI is InChI=1S/C20H27F3N4O3/c1-4-24-19(26-11-18-27-13(2)14(3)29-18)25-10-16(12-28)9-15-5-7-17(8-6-15)30-20(21,22)23/h5-8,16,28H,4,9-12H2,1-3H3,(H2,24,25,26). The van der Waals surface area contributed by atoms with Crippen molar-refractivity contribution in [2.45, 2.75) is 40.1 Å². The monoisotopic (exact) mass is 428 g/mol. The maximum atomic E-state index is 12.2. The molecule has 30 heavy (non-hydrogen) atoms. The molecule has 7 nitrogen and oxygen atoms in total. The zero-order valence-corrected chi connectivity index (χ0v) is 17.2. The number of oxazole rings is 1. The number of rotatable bonds is 9. The first-order valence-electron chi connectivity index (χ1n) is 9.60. The molecule has 1 aromatic carbocycles. The van der Waals surface area contributed by atoms with E-state index in [9.17, 15) is 18.3 Å². The van der Waals surface area contributed by atoms with Crippen LogP contribution in [0.15, 0.2) is 33.7 Å². The van der Waals surface area contributed by atoms with Gasteiger partial charge in [-0.25, -0.2) is 9.98 Å². The lowest BCUT2D eigenvalue weighted by Crippen LogP contribution is -2.40. The van der Waals surface area contributed by atoms with Gasteiger partial charge in [0.1, 0.15) is 18.1 Å². The maximum Gasteiger partial charge on any atom is 0.573 e. The molecule has 1 unspecified atom stereocenters. The number of ether oxygens (including phenoxy) is 1. The lowest BCUT2D eigenvalue weighted by molar-refractivity contribution is -0.274. The first kappa shape index (κ1) is 23.5. The van der Waals surface area contributed by atoms with Crippen molar-refractivity contribution in [1.82, 2.24) is 15.6 Å². The van der Waals surface area contributed by atoms with Crippen molar-refractivity contribution in [2.24, 2.45) is 10.9 Å². The summed E-state index contributed by atoms with van der Waals surface area (Å²) in [4.78, 5) is 8.72. The van der Waals surface area contributed by atoms with Crippen LogP contribution in [-0.2, 0) is 13.0 Å². The molecular weight excluding hydrogens is 401 g/mol. The molecule has 0 aliphatic rings. The van der Waals surface area contributed by atoms with Gasteiger partial charge in [-0.15, -0.1) is 13.2 Å². The first-order chi connectivity index (χ1) is 14.2. The van der Waals surface area contributed by atoms with Gasteiger partial charge < -0.3 is 24.9 Å². The Hall–Kier alpha value is -2.75. The molecule has 10 heteroatoms. The van der Waals surface area contributed by atoms with Crippen molar-refractivity contribution in [3.63, 3.8) is 0 Å². The molecule has 0 saturated heterocycles. The van der Waals surface area contributed by atoms with Crippen LogP contribution in [0.5, 0.6) is 5.75 Å². The largest absolute Gasteiger partial charge is 0.573 e. The summed E-state index contributed by atoms with van der Waals surface area (Å²) in [6.45, 7) is 6.90. The molecule has 0 aliphatic carbocycles. The third-order valence-corrected chi connectivity index (χ3v) is 4.29. The number of hydrogen-bond acceptors (Lipinski definition) is 5. The molecule has 0 radical (unpaired) electrons. The Bertz CT molecular complexity index is 800. The van der Waals surface area contributed by atoms with E-state index in [1.54, 1.807) is 12.1 Å². The van der Waals surface area contributed by atoms with Gasteiger partial charge in [-0.2, -0.15) is 0 Å². The maximum absolute atomic E-state index is 12.2. The van der Waals surface area contributed by atoms with E-state index in [1.807, 2.05) is 20.8 Å². The zero-order chi connectivity index (χ0) is 22.1. The van der Waals surface area contributed by atoms with Crippen LogP contribution in [-0.4, -0.2) is 42.1 Å². The van der Waals surface area contributed by atoms with E-state index in [1.165, 1.54) is 12.1 Å². The number of aliphatic imine (C=N–C) groups is 1. The molecule has 0 bridgehead atoms. The number of aryl methyl sites for hydroxylation is 2. The molecule has 3 N–H and O–H groups in total. The molecule has 0 aliphatic heterocycles. The Balaban J connectivity index is 1.91. The minimum Gasteiger partial charge on any atom is -0.444 e. The van der Waals surface area contributed by atoms with Gasteiger partial charge in [0.15, 0.2) is 5.96 Å². The summed E-state index contributed by atoms with van der Waals surface area (Å²) in [6.07, 6.45) is -4.24. The summed E-state index contributed by atoms with van der Waals surface area (Å²) in [5.41, 5.74) is 1.61. The van der Waals surface area contributed by atoms with Crippen LogP contribution >= 0.6 is 0 Å². The predicted octanol–water partition coefficient (Wildman–Crippen LogP) is 3.10. The van der Waals surface area contributed by atoms with Crippen LogP contribution in [0.25, 0.3) is 0 Å². The minimum atomic E-state index is -4.72. The number of aliphatic hydroxyl groups excluding tert-OH is 1. The van der Waals surface area contributed by atoms with Crippen LogP contribution in [0.1, 0.15) is 29.8 Å². The van der Waals surface area contributed by atoms with Crippen molar-refractivity contribution < 1.29 is 27.4 Å². The van der Waals surface area contributed by atoms with Crippen LogP contribution in [0.3, 0.4) is 0 Å². The Morgan fingerprint density at radius 2 is 1.93 bits per heavy atom. The van der Waals surface area contributed by atoms with E-state index >= 15 is 0 Å². The number of guanidine groups is 1. The molecule has 2 rings (SSSR count). The number of aliphatic hydroxyl groups is 1. The lowest BCUT2D eigenvalue weighted by atomic mass is 10.00. The van der Waals surface area contributed by atoms with Crippen LogP contribution in [0, 0.1) is 19.8 Å². The highest BCUT2D eigenvalue weighted by molar-refractivity contribution is 5.79. The molecule has 1 atom stereocenters. The second-order valence-corrected chi connectivity index (χ2v) is 6.77. The molecule has 2 aromatic rings. The molecule has 0 spiro atoms. The molecule has 1 aromatic heterocycles. The quantitative estimate of drug-likeness (QED) is 0.420. The van der Waals surface area contributed by atoms with Crippen LogP contribution in [0.4, 0.5) is 13.2 Å². The SMILES string of the molecule is CCNC(=NCc1nc(C)c(C)o1)NCC(CO)Cc1ccc(OC(F)(F)F)cc1. The molecular formula is C20H27F3N4O3. The molecule has 0 amide bonds.